The molecule has 0 aromatic carbocycles. The Morgan fingerprint density at radius 1 is 1.44 bits per heavy atom. The first-order valence-electron chi connectivity index (χ1n) is 5.73. The standard InChI is InChI=1S/C12H19NOS2/c1-10-2-5-16-11(10)8-13-9-12(14)3-6-15-7-4-12/h2,5,13-14H,3-4,6-9H2,1H3. The number of aryl methyl sites for hydroxylation is 1. The van der Waals surface area contributed by atoms with Crippen molar-refractivity contribution in [2.24, 2.45) is 0 Å². The molecule has 90 valence electrons. The Balaban J connectivity index is 1.77. The van der Waals surface area contributed by atoms with Crippen LogP contribution in [-0.4, -0.2) is 28.8 Å². The van der Waals surface area contributed by atoms with Crippen molar-refractivity contribution in [1.29, 1.82) is 0 Å². The first-order chi connectivity index (χ1) is 7.70. The van der Waals surface area contributed by atoms with Gasteiger partial charge in [0.2, 0.25) is 0 Å². The summed E-state index contributed by atoms with van der Waals surface area (Å²) in [6.07, 6.45) is 1.85. The zero-order chi connectivity index (χ0) is 11.4. The van der Waals surface area contributed by atoms with Gasteiger partial charge in [-0.25, -0.2) is 0 Å². The first kappa shape index (κ1) is 12.4. The molecule has 2 heterocycles. The second kappa shape index (κ2) is 5.54. The molecule has 0 saturated carbocycles. The molecule has 16 heavy (non-hydrogen) atoms. The molecule has 0 aliphatic carbocycles. The molecular weight excluding hydrogens is 238 g/mol. The van der Waals surface area contributed by atoms with E-state index >= 15 is 0 Å². The SMILES string of the molecule is Cc1ccsc1CNCC1(O)CCSCC1. The maximum Gasteiger partial charge on any atom is 0.0787 e. The highest BCUT2D eigenvalue weighted by Crippen LogP contribution is 2.26. The Kier molecular flexibility index (Phi) is 4.30. The van der Waals surface area contributed by atoms with Crippen LogP contribution in [0.1, 0.15) is 23.3 Å². The quantitative estimate of drug-likeness (QED) is 0.869. The van der Waals surface area contributed by atoms with Gasteiger partial charge in [-0.2, -0.15) is 11.8 Å². The lowest BCUT2D eigenvalue weighted by Gasteiger charge is -2.31. The normalized spacial score (nSPS) is 19.9. The summed E-state index contributed by atoms with van der Waals surface area (Å²) in [6.45, 7) is 3.75. The van der Waals surface area contributed by atoms with Crippen LogP contribution in [-0.2, 0) is 6.54 Å². The third kappa shape index (κ3) is 3.23. The summed E-state index contributed by atoms with van der Waals surface area (Å²) in [4.78, 5) is 1.38. The molecule has 0 atom stereocenters. The average Bonchev–Trinajstić information content (AvgIpc) is 2.65. The van der Waals surface area contributed by atoms with Gasteiger partial charge in [-0.3, -0.25) is 0 Å². The van der Waals surface area contributed by atoms with Gasteiger partial charge in [0, 0.05) is 18.0 Å². The summed E-state index contributed by atoms with van der Waals surface area (Å²) in [6, 6.07) is 2.15. The van der Waals surface area contributed by atoms with E-state index in [-0.39, 0.29) is 0 Å². The lowest BCUT2D eigenvalue weighted by Crippen LogP contribution is -2.43. The molecule has 0 amide bonds. The molecule has 1 fully saturated rings. The van der Waals surface area contributed by atoms with Gasteiger partial charge in [0.1, 0.15) is 0 Å². The number of hydrogen-bond acceptors (Lipinski definition) is 4. The van der Waals surface area contributed by atoms with E-state index < -0.39 is 5.60 Å². The molecule has 1 aliphatic rings. The fourth-order valence-electron chi connectivity index (χ4n) is 1.92. The van der Waals surface area contributed by atoms with Gasteiger partial charge in [-0.15, -0.1) is 11.3 Å². The van der Waals surface area contributed by atoms with Crippen molar-refractivity contribution in [3.8, 4) is 0 Å². The van der Waals surface area contributed by atoms with E-state index in [1.807, 2.05) is 11.8 Å². The van der Waals surface area contributed by atoms with Gasteiger partial charge in [-0.05, 0) is 48.3 Å². The second-order valence-corrected chi connectivity index (χ2v) is 6.69. The molecule has 4 heteroatoms. The minimum Gasteiger partial charge on any atom is -0.389 e. The second-order valence-electron chi connectivity index (χ2n) is 4.47. The van der Waals surface area contributed by atoms with E-state index in [4.69, 9.17) is 0 Å². The molecule has 1 saturated heterocycles. The zero-order valence-corrected chi connectivity index (χ0v) is 11.3. The first-order valence-corrected chi connectivity index (χ1v) is 7.77. The van der Waals surface area contributed by atoms with E-state index in [9.17, 15) is 5.11 Å². The summed E-state index contributed by atoms with van der Waals surface area (Å²) in [5.41, 5.74) is 0.889. The smallest absolute Gasteiger partial charge is 0.0787 e. The van der Waals surface area contributed by atoms with Crippen molar-refractivity contribution in [3.63, 3.8) is 0 Å². The lowest BCUT2D eigenvalue weighted by atomic mass is 9.97. The molecule has 1 aliphatic heterocycles. The number of hydrogen-bond donors (Lipinski definition) is 2. The Morgan fingerprint density at radius 2 is 2.19 bits per heavy atom. The van der Waals surface area contributed by atoms with Gasteiger partial charge in [0.05, 0.1) is 5.60 Å². The van der Waals surface area contributed by atoms with Crippen LogP contribution >= 0.6 is 23.1 Å². The predicted molar refractivity (Wildman–Crippen MR) is 72.3 cm³/mol. The van der Waals surface area contributed by atoms with Crippen molar-refractivity contribution in [2.75, 3.05) is 18.1 Å². The molecule has 1 aromatic heterocycles. The molecule has 1 aromatic rings. The molecule has 0 spiro atoms. The molecule has 2 nitrogen and oxygen atoms in total. The van der Waals surface area contributed by atoms with Crippen LogP contribution in [0.25, 0.3) is 0 Å². The van der Waals surface area contributed by atoms with Gasteiger partial charge >= 0.3 is 0 Å². The maximum atomic E-state index is 10.3. The maximum absolute atomic E-state index is 10.3. The van der Waals surface area contributed by atoms with Crippen LogP contribution in [0.3, 0.4) is 0 Å². The summed E-state index contributed by atoms with van der Waals surface area (Å²) < 4.78 is 0. The van der Waals surface area contributed by atoms with Crippen LogP contribution in [0.15, 0.2) is 11.4 Å². The summed E-state index contributed by atoms with van der Waals surface area (Å²) in [7, 11) is 0. The Morgan fingerprint density at radius 3 is 2.81 bits per heavy atom. The number of nitrogens with one attached hydrogen (secondary N) is 1. The Labute approximate surface area is 105 Å². The van der Waals surface area contributed by atoms with Crippen LogP contribution < -0.4 is 5.32 Å². The van der Waals surface area contributed by atoms with Crippen molar-refractivity contribution < 1.29 is 5.11 Å². The third-order valence-corrected chi connectivity index (χ3v) is 5.14. The number of rotatable bonds is 4. The van der Waals surface area contributed by atoms with Gasteiger partial charge in [-0.1, -0.05) is 0 Å². The molecule has 0 unspecified atom stereocenters. The summed E-state index contributed by atoms with van der Waals surface area (Å²) in [5.74, 6) is 2.19. The van der Waals surface area contributed by atoms with Crippen molar-refractivity contribution >= 4 is 23.1 Å². The van der Waals surface area contributed by atoms with E-state index in [2.05, 4.69) is 23.7 Å². The summed E-state index contributed by atoms with van der Waals surface area (Å²) >= 11 is 3.73. The van der Waals surface area contributed by atoms with Crippen molar-refractivity contribution in [2.45, 2.75) is 31.9 Å². The molecule has 0 radical (unpaired) electrons. The van der Waals surface area contributed by atoms with Gasteiger partial charge < -0.3 is 10.4 Å². The Bertz CT molecular complexity index is 332. The third-order valence-electron chi connectivity index (χ3n) is 3.13. The minimum absolute atomic E-state index is 0.462. The highest BCUT2D eigenvalue weighted by atomic mass is 32.2. The molecule has 0 bridgehead atoms. The highest BCUT2D eigenvalue weighted by molar-refractivity contribution is 7.99. The van der Waals surface area contributed by atoms with Crippen molar-refractivity contribution in [3.05, 3.63) is 21.9 Å². The zero-order valence-electron chi connectivity index (χ0n) is 9.66. The largest absolute Gasteiger partial charge is 0.389 e. The van der Waals surface area contributed by atoms with Gasteiger partial charge in [0.25, 0.3) is 0 Å². The van der Waals surface area contributed by atoms with Crippen LogP contribution in [0, 0.1) is 6.92 Å². The van der Waals surface area contributed by atoms with E-state index in [0.717, 1.165) is 37.4 Å². The topological polar surface area (TPSA) is 32.3 Å². The highest BCUT2D eigenvalue weighted by Gasteiger charge is 2.28. The lowest BCUT2D eigenvalue weighted by molar-refractivity contribution is 0.0320. The average molecular weight is 257 g/mol. The van der Waals surface area contributed by atoms with Crippen LogP contribution in [0.5, 0.6) is 0 Å². The van der Waals surface area contributed by atoms with E-state index in [0.29, 0.717) is 0 Å². The number of thioether (sulfide) groups is 1. The van der Waals surface area contributed by atoms with E-state index in [1.54, 1.807) is 11.3 Å². The fraction of sp³-hybridized carbons (Fsp3) is 0.667. The fourth-order valence-corrected chi connectivity index (χ4v) is 4.05. The monoisotopic (exact) mass is 257 g/mol. The minimum atomic E-state index is -0.462. The molecular formula is C12H19NOS2. The molecule has 2 rings (SSSR count). The number of thiophene rings is 1. The van der Waals surface area contributed by atoms with E-state index in [1.165, 1.54) is 10.4 Å². The summed E-state index contributed by atoms with van der Waals surface area (Å²) in [5, 5.41) is 15.8. The van der Waals surface area contributed by atoms with Gasteiger partial charge in [0.15, 0.2) is 0 Å². The predicted octanol–water partition coefficient (Wildman–Crippen LogP) is 2.40. The number of aliphatic hydroxyl groups is 1. The Hall–Kier alpha value is -0.0300. The molecule has 2 N–H and O–H groups in total. The van der Waals surface area contributed by atoms with Crippen LogP contribution in [0.4, 0.5) is 0 Å². The van der Waals surface area contributed by atoms with Crippen LogP contribution in [0.2, 0.25) is 0 Å². The van der Waals surface area contributed by atoms with Crippen molar-refractivity contribution in [1.82, 2.24) is 5.32 Å².